The summed E-state index contributed by atoms with van der Waals surface area (Å²) in [6.45, 7) is 5.41. The lowest BCUT2D eigenvalue weighted by Gasteiger charge is -2.32. The zero-order chi connectivity index (χ0) is 13.3. The van der Waals surface area contributed by atoms with E-state index in [0.29, 0.717) is 0 Å². The zero-order valence-electron chi connectivity index (χ0n) is 11.2. The lowest BCUT2D eigenvalue weighted by molar-refractivity contribution is -0.125. The van der Waals surface area contributed by atoms with E-state index in [4.69, 9.17) is 0 Å². The van der Waals surface area contributed by atoms with Crippen molar-refractivity contribution in [1.29, 1.82) is 0 Å². The van der Waals surface area contributed by atoms with Crippen LogP contribution in [0.3, 0.4) is 0 Å². The van der Waals surface area contributed by atoms with Gasteiger partial charge in [0.1, 0.15) is 0 Å². The van der Waals surface area contributed by atoms with Gasteiger partial charge in [0.15, 0.2) is 0 Å². The summed E-state index contributed by atoms with van der Waals surface area (Å²) in [4.78, 5) is 13.7. The second-order valence-corrected chi connectivity index (χ2v) is 6.63. The second-order valence-electron chi connectivity index (χ2n) is 5.63. The van der Waals surface area contributed by atoms with Gasteiger partial charge >= 0.3 is 0 Å². The third-order valence-electron chi connectivity index (χ3n) is 3.86. The molecule has 0 aromatic carbocycles. The van der Waals surface area contributed by atoms with E-state index in [1.807, 2.05) is 13.8 Å². The van der Waals surface area contributed by atoms with Crippen molar-refractivity contribution in [2.45, 2.75) is 57.6 Å². The average molecular weight is 267 g/mol. The molecule has 3 nitrogen and oxygen atoms in total. The number of rotatable bonds is 3. The van der Waals surface area contributed by atoms with E-state index >= 15 is 0 Å². The number of nitrogens with one attached hydrogen (secondary N) is 1. The van der Waals surface area contributed by atoms with Crippen LogP contribution in [0, 0.1) is 0 Å². The number of fused-ring (bicyclic) bond motifs is 1. The monoisotopic (exact) mass is 267 g/mol. The van der Waals surface area contributed by atoms with Crippen LogP contribution in [0.4, 0.5) is 0 Å². The topological polar surface area (TPSA) is 49.3 Å². The number of carbonyl (C=O) groups excluding carboxylic acids is 1. The van der Waals surface area contributed by atoms with Crippen LogP contribution >= 0.6 is 11.3 Å². The average Bonchev–Trinajstić information content (AvgIpc) is 2.75. The Morgan fingerprint density at radius 3 is 3.00 bits per heavy atom. The Morgan fingerprint density at radius 2 is 2.33 bits per heavy atom. The van der Waals surface area contributed by atoms with Crippen LogP contribution in [0.15, 0.2) is 11.4 Å². The standard InChI is InChI=1S/C14H21NO2S/c1-9(16)14(2,3)15-13(17)11-5-4-6-12-10(11)7-8-18-12/h7-9,11,16H,4-6H2,1-3H3,(H,15,17). The van der Waals surface area contributed by atoms with Gasteiger partial charge in [0.05, 0.1) is 17.6 Å². The fourth-order valence-corrected chi connectivity index (χ4v) is 3.26. The predicted molar refractivity (Wildman–Crippen MR) is 73.9 cm³/mol. The van der Waals surface area contributed by atoms with E-state index in [-0.39, 0.29) is 11.8 Å². The maximum Gasteiger partial charge on any atom is 0.228 e. The summed E-state index contributed by atoms with van der Waals surface area (Å²) in [5.74, 6) is -0.00160. The van der Waals surface area contributed by atoms with E-state index in [1.165, 1.54) is 10.4 Å². The second kappa shape index (κ2) is 5.02. The minimum absolute atomic E-state index is 0.0419. The van der Waals surface area contributed by atoms with Crippen LogP contribution in [0.1, 0.15) is 50.0 Å². The Labute approximate surface area is 112 Å². The molecule has 0 spiro atoms. The Kier molecular flexibility index (Phi) is 3.78. The fraction of sp³-hybridized carbons (Fsp3) is 0.643. The largest absolute Gasteiger partial charge is 0.391 e. The SMILES string of the molecule is CC(O)C(C)(C)NC(=O)C1CCCc2sccc21. The molecule has 2 N–H and O–H groups in total. The first-order valence-corrected chi connectivity index (χ1v) is 7.36. The molecule has 0 radical (unpaired) electrons. The van der Waals surface area contributed by atoms with E-state index < -0.39 is 11.6 Å². The molecular formula is C14H21NO2S. The Bertz CT molecular complexity index is 437. The normalized spacial score (nSPS) is 21.2. The molecule has 1 amide bonds. The molecule has 0 saturated carbocycles. The van der Waals surface area contributed by atoms with Gasteiger partial charge in [-0.15, -0.1) is 11.3 Å². The highest BCUT2D eigenvalue weighted by Gasteiger charge is 2.32. The van der Waals surface area contributed by atoms with Crippen molar-refractivity contribution in [3.05, 3.63) is 21.9 Å². The first-order chi connectivity index (χ1) is 8.42. The van der Waals surface area contributed by atoms with Gasteiger partial charge in [-0.3, -0.25) is 4.79 Å². The number of amides is 1. The molecule has 1 aromatic heterocycles. The quantitative estimate of drug-likeness (QED) is 0.883. The summed E-state index contributed by atoms with van der Waals surface area (Å²) >= 11 is 1.74. The van der Waals surface area contributed by atoms with Gasteiger partial charge in [0.2, 0.25) is 5.91 Å². The minimum Gasteiger partial charge on any atom is -0.391 e. The summed E-state index contributed by atoms with van der Waals surface area (Å²) in [7, 11) is 0. The third-order valence-corrected chi connectivity index (χ3v) is 4.85. The molecule has 1 heterocycles. The molecule has 1 aliphatic carbocycles. The van der Waals surface area contributed by atoms with Gasteiger partial charge in [0, 0.05) is 4.88 Å². The number of carbonyl (C=O) groups is 1. The fourth-order valence-electron chi connectivity index (χ4n) is 2.27. The highest BCUT2D eigenvalue weighted by Crippen LogP contribution is 2.35. The number of hydrogen-bond donors (Lipinski definition) is 2. The van der Waals surface area contributed by atoms with Crippen molar-refractivity contribution in [2.24, 2.45) is 0 Å². The Morgan fingerprint density at radius 1 is 1.61 bits per heavy atom. The van der Waals surface area contributed by atoms with Gasteiger partial charge in [0.25, 0.3) is 0 Å². The van der Waals surface area contributed by atoms with Gasteiger partial charge in [-0.2, -0.15) is 0 Å². The molecule has 0 saturated heterocycles. The van der Waals surface area contributed by atoms with Crippen LogP contribution in [0.5, 0.6) is 0 Å². The summed E-state index contributed by atoms with van der Waals surface area (Å²) in [6.07, 6.45) is 2.51. The molecule has 100 valence electrons. The zero-order valence-corrected chi connectivity index (χ0v) is 12.0. The van der Waals surface area contributed by atoms with Gasteiger partial charge in [-0.05, 0) is 57.0 Å². The van der Waals surface area contributed by atoms with Crippen molar-refractivity contribution in [1.82, 2.24) is 5.32 Å². The number of hydrogen-bond acceptors (Lipinski definition) is 3. The Hall–Kier alpha value is -0.870. The van der Waals surface area contributed by atoms with Crippen LogP contribution in [-0.4, -0.2) is 22.7 Å². The molecule has 0 fully saturated rings. The number of thiophene rings is 1. The molecule has 0 bridgehead atoms. The van der Waals surface area contributed by atoms with E-state index in [9.17, 15) is 9.90 Å². The number of aryl methyl sites for hydroxylation is 1. The lowest BCUT2D eigenvalue weighted by Crippen LogP contribution is -2.52. The van der Waals surface area contributed by atoms with E-state index in [0.717, 1.165) is 19.3 Å². The van der Waals surface area contributed by atoms with Gasteiger partial charge in [-0.25, -0.2) is 0 Å². The third kappa shape index (κ3) is 2.59. The predicted octanol–water partition coefficient (Wildman–Crippen LogP) is 2.44. The van der Waals surface area contributed by atoms with Crippen molar-refractivity contribution < 1.29 is 9.90 Å². The molecule has 2 atom stereocenters. The van der Waals surface area contributed by atoms with Crippen LogP contribution in [0.25, 0.3) is 0 Å². The maximum absolute atomic E-state index is 12.4. The number of aliphatic hydroxyl groups excluding tert-OH is 1. The molecular weight excluding hydrogens is 246 g/mol. The van der Waals surface area contributed by atoms with Crippen molar-refractivity contribution in [3.63, 3.8) is 0 Å². The molecule has 1 aromatic rings. The smallest absolute Gasteiger partial charge is 0.228 e. The summed E-state index contributed by atoms with van der Waals surface area (Å²) in [5, 5.41) is 14.7. The summed E-state index contributed by atoms with van der Waals surface area (Å²) in [6, 6.07) is 2.07. The van der Waals surface area contributed by atoms with Crippen molar-refractivity contribution in [3.8, 4) is 0 Å². The highest BCUT2D eigenvalue weighted by molar-refractivity contribution is 7.10. The molecule has 4 heteroatoms. The highest BCUT2D eigenvalue weighted by atomic mass is 32.1. The summed E-state index contributed by atoms with van der Waals surface area (Å²) in [5.41, 5.74) is 0.607. The number of aliphatic hydroxyl groups is 1. The molecule has 2 unspecified atom stereocenters. The van der Waals surface area contributed by atoms with Crippen LogP contribution in [-0.2, 0) is 11.2 Å². The molecule has 1 aliphatic rings. The minimum atomic E-state index is -0.579. The lowest BCUT2D eigenvalue weighted by atomic mass is 9.86. The van der Waals surface area contributed by atoms with Crippen molar-refractivity contribution in [2.75, 3.05) is 0 Å². The van der Waals surface area contributed by atoms with E-state index in [1.54, 1.807) is 18.3 Å². The van der Waals surface area contributed by atoms with Crippen LogP contribution in [0.2, 0.25) is 0 Å². The molecule has 2 rings (SSSR count). The van der Waals surface area contributed by atoms with Crippen molar-refractivity contribution >= 4 is 17.2 Å². The van der Waals surface area contributed by atoms with Gasteiger partial charge in [-0.1, -0.05) is 0 Å². The Balaban J connectivity index is 2.13. The van der Waals surface area contributed by atoms with Crippen LogP contribution < -0.4 is 5.32 Å². The van der Waals surface area contributed by atoms with Gasteiger partial charge < -0.3 is 10.4 Å². The van der Waals surface area contributed by atoms with E-state index in [2.05, 4.69) is 16.8 Å². The molecule has 18 heavy (non-hydrogen) atoms. The first kappa shape index (κ1) is 13.6. The maximum atomic E-state index is 12.4. The molecule has 0 aliphatic heterocycles. The summed E-state index contributed by atoms with van der Waals surface area (Å²) < 4.78 is 0. The first-order valence-electron chi connectivity index (χ1n) is 6.48.